The lowest BCUT2D eigenvalue weighted by atomic mass is 9.45. The molecule has 4 rings (SSSR count). The zero-order chi connectivity index (χ0) is 27.0. The Bertz CT molecular complexity index is 1050. The number of aliphatic hydroxyl groups excluding tert-OH is 1. The maximum absolute atomic E-state index is 17.2. The van der Waals surface area contributed by atoms with Crippen LogP contribution < -0.4 is 0 Å². The van der Waals surface area contributed by atoms with Gasteiger partial charge in [-0.05, 0) is 63.0 Å². The highest BCUT2D eigenvalue weighted by molar-refractivity contribution is 6.02. The highest BCUT2D eigenvalue weighted by atomic mass is 19.1. The van der Waals surface area contributed by atoms with Crippen LogP contribution in [0.4, 0.5) is 13.6 Å². The van der Waals surface area contributed by atoms with Crippen LogP contribution in [0.5, 0.6) is 0 Å². The average Bonchev–Trinajstić information content (AvgIpc) is 2.99. The summed E-state index contributed by atoms with van der Waals surface area (Å²) in [7, 11) is 0. The van der Waals surface area contributed by atoms with E-state index in [9.17, 15) is 24.6 Å². The van der Waals surface area contributed by atoms with Crippen molar-refractivity contribution in [1.82, 2.24) is 0 Å². The number of rotatable bonds is 4. The minimum absolute atomic E-state index is 0.0145. The van der Waals surface area contributed by atoms with Crippen molar-refractivity contribution in [2.24, 2.45) is 34.5 Å². The number of ketones is 1. The molecule has 0 heterocycles. The molecule has 0 saturated heterocycles. The molecule has 3 saturated carbocycles. The predicted molar refractivity (Wildman–Crippen MR) is 126 cm³/mol. The summed E-state index contributed by atoms with van der Waals surface area (Å²) in [6.07, 6.45) is -1.51. The first-order valence-corrected chi connectivity index (χ1v) is 12.7. The summed E-state index contributed by atoms with van der Waals surface area (Å²) in [5, 5.41) is 21.2. The van der Waals surface area contributed by atoms with Crippen molar-refractivity contribution in [2.75, 3.05) is 0 Å². The van der Waals surface area contributed by atoms with Crippen molar-refractivity contribution < 1.29 is 42.9 Å². The fourth-order valence-electron chi connectivity index (χ4n) is 7.67. The Hall–Kier alpha value is -2.45. The van der Waals surface area contributed by atoms with Crippen LogP contribution in [-0.2, 0) is 19.1 Å². The van der Waals surface area contributed by atoms with Crippen LogP contribution in [0.1, 0.15) is 67.2 Å². The first kappa shape index (κ1) is 26.6. The highest BCUT2D eigenvalue weighted by Crippen LogP contribution is 2.72. The van der Waals surface area contributed by atoms with Crippen molar-refractivity contribution in [1.29, 1.82) is 0 Å². The lowest BCUT2D eigenvalue weighted by Gasteiger charge is -2.61. The van der Waals surface area contributed by atoms with Gasteiger partial charge in [-0.25, -0.2) is 18.4 Å². The molecule has 0 radical (unpaired) electrons. The zero-order valence-electron chi connectivity index (χ0n) is 21.6. The van der Waals surface area contributed by atoms with Gasteiger partial charge in [0.15, 0.2) is 5.78 Å². The minimum Gasteiger partial charge on any atom is -0.511 e. The van der Waals surface area contributed by atoms with Gasteiger partial charge in [-0.15, -0.1) is 0 Å². The zero-order valence-corrected chi connectivity index (χ0v) is 21.6. The fraction of sp³-hybridized carbons (Fsp3) is 0.741. The second-order valence-corrected chi connectivity index (χ2v) is 11.9. The van der Waals surface area contributed by atoms with Crippen LogP contribution in [-0.4, -0.2) is 51.7 Å². The quantitative estimate of drug-likeness (QED) is 0.482. The molecule has 2 N–H and O–H groups in total. The topological polar surface area (TPSA) is 110 Å². The van der Waals surface area contributed by atoms with Gasteiger partial charge in [0.2, 0.25) is 5.60 Å². The van der Waals surface area contributed by atoms with E-state index in [-0.39, 0.29) is 37.2 Å². The number of alkyl halides is 2. The molecule has 36 heavy (non-hydrogen) atoms. The Morgan fingerprint density at radius 3 is 2.33 bits per heavy atom. The SMILES string of the molecule is CC(C)C(C)OC(=O)O[C@]1(C(=O)O)[C@H](C)C[C@H]2[C@@H]3C[C@H](F)C4=CC(=O)C=C(O)[C@]4(C)[C@@]3(F)CC[C@@]21C. The van der Waals surface area contributed by atoms with E-state index < -0.39 is 75.8 Å². The normalized spacial score (nSPS) is 44.5. The molecule has 4 aliphatic carbocycles. The molecular weight excluding hydrogens is 474 g/mol. The summed E-state index contributed by atoms with van der Waals surface area (Å²) in [5.74, 6) is -4.78. The van der Waals surface area contributed by atoms with Gasteiger partial charge >= 0.3 is 12.1 Å². The number of ether oxygens (including phenoxy) is 2. The Morgan fingerprint density at radius 1 is 1.11 bits per heavy atom. The van der Waals surface area contributed by atoms with E-state index in [4.69, 9.17) is 9.47 Å². The van der Waals surface area contributed by atoms with Crippen LogP contribution >= 0.6 is 0 Å². The van der Waals surface area contributed by atoms with Gasteiger partial charge in [0.05, 0.1) is 5.41 Å². The molecule has 0 aromatic carbocycles. The van der Waals surface area contributed by atoms with Gasteiger partial charge in [0.25, 0.3) is 0 Å². The number of carboxylic acid groups (broad SMARTS) is 1. The second-order valence-electron chi connectivity index (χ2n) is 11.9. The summed E-state index contributed by atoms with van der Waals surface area (Å²) in [6, 6.07) is 0. The van der Waals surface area contributed by atoms with Gasteiger partial charge in [0, 0.05) is 23.3 Å². The molecule has 0 aromatic rings. The summed E-state index contributed by atoms with van der Waals surface area (Å²) in [4.78, 5) is 37.6. The van der Waals surface area contributed by atoms with Crippen molar-refractivity contribution in [3.8, 4) is 0 Å². The van der Waals surface area contributed by atoms with Crippen molar-refractivity contribution in [3.05, 3.63) is 23.5 Å². The Labute approximate surface area is 209 Å². The molecule has 0 spiro atoms. The van der Waals surface area contributed by atoms with E-state index in [1.165, 1.54) is 6.92 Å². The van der Waals surface area contributed by atoms with Crippen LogP contribution in [0.15, 0.2) is 23.5 Å². The fourth-order valence-corrected chi connectivity index (χ4v) is 7.67. The number of carbonyl (C=O) groups is 3. The first-order valence-electron chi connectivity index (χ1n) is 12.7. The lowest BCUT2D eigenvalue weighted by molar-refractivity contribution is -0.206. The number of allylic oxidation sites excluding steroid dienone is 3. The Morgan fingerprint density at radius 2 is 1.75 bits per heavy atom. The summed E-state index contributed by atoms with van der Waals surface area (Å²) in [5.41, 5.74) is -7.13. The van der Waals surface area contributed by atoms with E-state index in [2.05, 4.69) is 0 Å². The summed E-state index contributed by atoms with van der Waals surface area (Å²) >= 11 is 0. The molecular formula is C27H36F2O7. The van der Waals surface area contributed by atoms with E-state index in [1.54, 1.807) is 20.8 Å². The Kier molecular flexibility index (Phi) is 6.12. The summed E-state index contributed by atoms with van der Waals surface area (Å²) < 4.78 is 43.8. The van der Waals surface area contributed by atoms with Crippen LogP contribution in [0.25, 0.3) is 0 Å². The molecule has 200 valence electrons. The van der Waals surface area contributed by atoms with Crippen LogP contribution in [0, 0.1) is 34.5 Å². The number of hydrogen-bond acceptors (Lipinski definition) is 6. The van der Waals surface area contributed by atoms with Gasteiger partial charge in [-0.1, -0.05) is 27.7 Å². The highest BCUT2D eigenvalue weighted by Gasteiger charge is 2.77. The smallest absolute Gasteiger partial charge is 0.509 e. The molecule has 7 nitrogen and oxygen atoms in total. The van der Waals surface area contributed by atoms with Crippen molar-refractivity contribution >= 4 is 17.9 Å². The third-order valence-corrected chi connectivity index (χ3v) is 10.1. The average molecular weight is 511 g/mol. The maximum Gasteiger partial charge on any atom is 0.509 e. The Balaban J connectivity index is 1.76. The minimum atomic E-state index is -2.12. The molecule has 0 bridgehead atoms. The van der Waals surface area contributed by atoms with Gasteiger partial charge in [-0.2, -0.15) is 0 Å². The molecule has 1 unspecified atom stereocenters. The lowest BCUT2D eigenvalue weighted by Crippen LogP contribution is -2.66. The summed E-state index contributed by atoms with van der Waals surface area (Å²) in [6.45, 7) is 10.1. The van der Waals surface area contributed by atoms with E-state index in [1.807, 2.05) is 13.8 Å². The van der Waals surface area contributed by atoms with Crippen LogP contribution in [0.2, 0.25) is 0 Å². The van der Waals surface area contributed by atoms with E-state index in [0.29, 0.717) is 0 Å². The number of aliphatic hydroxyl groups is 1. The molecule has 0 aliphatic heterocycles. The van der Waals surface area contributed by atoms with Gasteiger partial charge < -0.3 is 19.7 Å². The maximum atomic E-state index is 17.2. The molecule has 4 aliphatic rings. The number of aliphatic carboxylic acids is 1. The third-order valence-electron chi connectivity index (χ3n) is 10.1. The van der Waals surface area contributed by atoms with Crippen molar-refractivity contribution in [3.63, 3.8) is 0 Å². The van der Waals surface area contributed by atoms with Gasteiger partial charge in [-0.3, -0.25) is 4.79 Å². The molecule has 9 atom stereocenters. The second kappa shape index (κ2) is 8.28. The molecule has 9 heteroatoms. The molecule has 0 aromatic heterocycles. The first-order chi connectivity index (χ1) is 16.6. The number of carboxylic acids is 1. The number of carbonyl (C=O) groups excluding carboxylic acids is 2. The number of fused-ring (bicyclic) bond motifs is 5. The predicted octanol–water partition coefficient (Wildman–Crippen LogP) is 5.49. The van der Waals surface area contributed by atoms with Gasteiger partial charge in [0.1, 0.15) is 23.7 Å². The molecule has 3 fully saturated rings. The van der Waals surface area contributed by atoms with E-state index in [0.717, 1.165) is 12.2 Å². The van der Waals surface area contributed by atoms with E-state index >= 15 is 8.78 Å². The standard InChI is InChI=1S/C27H36F2O7/c1-13(2)15(4)35-23(34)36-27(22(32)33)14(3)9-17-18-12-20(28)19-10-16(30)11-21(31)25(19,6)26(18,29)8-7-24(17,27)5/h10-11,13-15,17-18,20,31H,7-9,12H2,1-6H3,(H,32,33)/t14-,15?,17+,18+,20+,24+,25-,26-,27+/m1/s1. The largest absolute Gasteiger partial charge is 0.511 e. The number of halogens is 2. The van der Waals surface area contributed by atoms with Crippen LogP contribution in [0.3, 0.4) is 0 Å². The third kappa shape index (κ3) is 3.23. The molecule has 0 amide bonds. The monoisotopic (exact) mass is 510 g/mol. The number of hydrogen-bond donors (Lipinski definition) is 2. The van der Waals surface area contributed by atoms with Crippen molar-refractivity contribution in [2.45, 2.75) is 90.8 Å².